The molecule has 2 heteroatoms. The van der Waals surface area contributed by atoms with E-state index in [0.717, 1.165) is 12.2 Å². The van der Waals surface area contributed by atoms with Crippen LogP contribution in [0, 0.1) is 0 Å². The van der Waals surface area contributed by atoms with E-state index in [0.29, 0.717) is 0 Å². The van der Waals surface area contributed by atoms with E-state index in [1.807, 2.05) is 12.1 Å². The van der Waals surface area contributed by atoms with Crippen molar-refractivity contribution in [1.82, 2.24) is 0 Å². The molecular formula is C23H25NO. The molecule has 0 saturated heterocycles. The lowest BCUT2D eigenvalue weighted by atomic mass is 9.80. The highest BCUT2D eigenvalue weighted by molar-refractivity contribution is 5.90. The highest BCUT2D eigenvalue weighted by atomic mass is 16.5. The van der Waals surface area contributed by atoms with Crippen LogP contribution in [0.1, 0.15) is 44.4 Å². The number of hydrogen-bond donors (Lipinski definition) is 0. The fourth-order valence-electron chi connectivity index (χ4n) is 4.20. The summed E-state index contributed by atoms with van der Waals surface area (Å²) in [6.45, 7) is 10.7. The van der Waals surface area contributed by atoms with Crippen LogP contribution in [0.4, 0.5) is 5.69 Å². The highest BCUT2D eigenvalue weighted by Crippen LogP contribution is 2.50. The van der Waals surface area contributed by atoms with Gasteiger partial charge in [0, 0.05) is 35.8 Å². The molecule has 0 spiro atoms. The molecule has 2 aliphatic heterocycles. The standard InChI is InChI=1S/C23H25NO/c1-6-9-20-22-17(16-10-7-8-11-19(16)25-20)12-13-18-21(22)15(2)14-23(3,4)24(18)5/h6-8,10-14,20H,1,9H2,2-5H3. The summed E-state index contributed by atoms with van der Waals surface area (Å²) < 4.78 is 6.38. The summed E-state index contributed by atoms with van der Waals surface area (Å²) in [5.41, 5.74) is 7.70. The first-order valence-corrected chi connectivity index (χ1v) is 8.91. The SMILES string of the molecule is C=CCC1Oc2ccccc2-c2ccc3c(c21)C(C)=CC(C)(C)N3C. The minimum Gasteiger partial charge on any atom is -0.485 e. The number of allylic oxidation sites excluding steroid dienone is 1. The van der Waals surface area contributed by atoms with Crippen LogP contribution < -0.4 is 9.64 Å². The quantitative estimate of drug-likeness (QED) is 0.626. The van der Waals surface area contributed by atoms with E-state index < -0.39 is 0 Å². The van der Waals surface area contributed by atoms with Crippen LogP contribution in [0.5, 0.6) is 5.75 Å². The number of hydrogen-bond acceptors (Lipinski definition) is 2. The lowest BCUT2D eigenvalue weighted by Crippen LogP contribution is -2.42. The summed E-state index contributed by atoms with van der Waals surface area (Å²) in [5.74, 6) is 0.966. The number of benzene rings is 2. The average Bonchev–Trinajstić information content (AvgIpc) is 2.59. The molecule has 0 N–H and O–H groups in total. The molecule has 2 aliphatic rings. The number of anilines is 1. The molecule has 0 bridgehead atoms. The largest absolute Gasteiger partial charge is 0.485 e. The van der Waals surface area contributed by atoms with Crippen molar-refractivity contribution in [3.05, 3.63) is 66.3 Å². The highest BCUT2D eigenvalue weighted by Gasteiger charge is 2.35. The van der Waals surface area contributed by atoms with Crippen molar-refractivity contribution in [3.63, 3.8) is 0 Å². The van der Waals surface area contributed by atoms with Gasteiger partial charge in [-0.25, -0.2) is 0 Å². The number of ether oxygens (including phenoxy) is 1. The maximum atomic E-state index is 6.38. The van der Waals surface area contributed by atoms with Gasteiger partial charge in [0.2, 0.25) is 0 Å². The predicted octanol–water partition coefficient (Wildman–Crippen LogP) is 5.99. The Hall–Kier alpha value is -2.48. The Kier molecular flexibility index (Phi) is 3.54. The van der Waals surface area contributed by atoms with Gasteiger partial charge in [-0.3, -0.25) is 0 Å². The number of rotatable bonds is 2. The summed E-state index contributed by atoms with van der Waals surface area (Å²) in [7, 11) is 2.17. The van der Waals surface area contributed by atoms with E-state index >= 15 is 0 Å². The van der Waals surface area contributed by atoms with Crippen molar-refractivity contribution in [2.24, 2.45) is 0 Å². The number of para-hydroxylation sites is 1. The van der Waals surface area contributed by atoms with Gasteiger partial charge >= 0.3 is 0 Å². The monoisotopic (exact) mass is 331 g/mol. The van der Waals surface area contributed by atoms with Gasteiger partial charge in [0.1, 0.15) is 11.9 Å². The minimum absolute atomic E-state index is 0.00663. The first-order chi connectivity index (χ1) is 11.9. The molecule has 2 aromatic carbocycles. The van der Waals surface area contributed by atoms with Gasteiger partial charge in [-0.1, -0.05) is 36.4 Å². The van der Waals surface area contributed by atoms with E-state index in [1.165, 1.54) is 33.5 Å². The number of likely N-dealkylation sites (N-methyl/N-ethyl adjacent to an activating group) is 1. The lowest BCUT2D eigenvalue weighted by molar-refractivity contribution is 0.205. The van der Waals surface area contributed by atoms with Crippen molar-refractivity contribution >= 4 is 11.3 Å². The Morgan fingerprint density at radius 2 is 1.92 bits per heavy atom. The Bertz CT molecular complexity index is 891. The van der Waals surface area contributed by atoms with Gasteiger partial charge in [0.05, 0.1) is 5.54 Å². The van der Waals surface area contributed by atoms with Gasteiger partial charge < -0.3 is 9.64 Å². The Morgan fingerprint density at radius 1 is 1.16 bits per heavy atom. The topological polar surface area (TPSA) is 12.5 Å². The summed E-state index contributed by atoms with van der Waals surface area (Å²) in [5, 5.41) is 0. The van der Waals surface area contributed by atoms with E-state index in [1.54, 1.807) is 0 Å². The van der Waals surface area contributed by atoms with Crippen LogP contribution in [0.25, 0.3) is 16.7 Å². The second kappa shape index (κ2) is 5.52. The van der Waals surface area contributed by atoms with Crippen molar-refractivity contribution < 1.29 is 4.74 Å². The molecule has 128 valence electrons. The zero-order valence-corrected chi connectivity index (χ0v) is 15.5. The third kappa shape index (κ3) is 2.31. The lowest BCUT2D eigenvalue weighted by Gasteiger charge is -2.43. The van der Waals surface area contributed by atoms with Crippen molar-refractivity contribution in [3.8, 4) is 16.9 Å². The molecule has 0 fully saturated rings. The molecule has 0 amide bonds. The fraction of sp³-hybridized carbons (Fsp3) is 0.304. The zero-order valence-electron chi connectivity index (χ0n) is 15.5. The van der Waals surface area contributed by atoms with Crippen molar-refractivity contribution in [2.75, 3.05) is 11.9 Å². The Morgan fingerprint density at radius 3 is 2.68 bits per heavy atom. The van der Waals surface area contributed by atoms with E-state index in [9.17, 15) is 0 Å². The second-order valence-electron chi connectivity index (χ2n) is 7.59. The van der Waals surface area contributed by atoms with Gasteiger partial charge in [-0.2, -0.15) is 0 Å². The molecule has 1 unspecified atom stereocenters. The molecule has 0 aromatic heterocycles. The smallest absolute Gasteiger partial charge is 0.128 e. The zero-order chi connectivity index (χ0) is 17.8. The van der Waals surface area contributed by atoms with E-state index in [-0.39, 0.29) is 11.6 Å². The van der Waals surface area contributed by atoms with Crippen LogP contribution in [-0.2, 0) is 0 Å². The normalized spacial score (nSPS) is 19.9. The van der Waals surface area contributed by atoms with Gasteiger partial charge in [0.15, 0.2) is 0 Å². The first-order valence-electron chi connectivity index (χ1n) is 8.91. The van der Waals surface area contributed by atoms with Crippen molar-refractivity contribution in [1.29, 1.82) is 0 Å². The summed E-state index contributed by atoms with van der Waals surface area (Å²) in [6, 6.07) is 12.9. The molecule has 25 heavy (non-hydrogen) atoms. The summed E-state index contributed by atoms with van der Waals surface area (Å²) >= 11 is 0. The summed E-state index contributed by atoms with van der Waals surface area (Å²) in [4.78, 5) is 2.36. The molecule has 2 heterocycles. The molecular weight excluding hydrogens is 306 g/mol. The second-order valence-corrected chi connectivity index (χ2v) is 7.59. The number of nitrogens with zero attached hydrogens (tertiary/aromatic N) is 1. The third-order valence-corrected chi connectivity index (χ3v) is 5.56. The molecule has 2 nitrogen and oxygen atoms in total. The van der Waals surface area contributed by atoms with Crippen LogP contribution in [0.2, 0.25) is 0 Å². The Balaban J connectivity index is 2.03. The van der Waals surface area contributed by atoms with Crippen LogP contribution in [0.15, 0.2) is 55.1 Å². The first kappa shape index (κ1) is 16.0. The fourth-order valence-corrected chi connectivity index (χ4v) is 4.20. The Labute approximate surface area is 150 Å². The molecule has 4 rings (SSSR count). The van der Waals surface area contributed by atoms with Gasteiger partial charge in [-0.15, -0.1) is 6.58 Å². The predicted molar refractivity (Wildman–Crippen MR) is 106 cm³/mol. The van der Waals surface area contributed by atoms with Crippen LogP contribution in [0.3, 0.4) is 0 Å². The average molecular weight is 331 g/mol. The molecule has 1 atom stereocenters. The maximum absolute atomic E-state index is 6.38. The van der Waals surface area contributed by atoms with Crippen molar-refractivity contribution in [2.45, 2.75) is 38.8 Å². The van der Waals surface area contributed by atoms with Crippen LogP contribution >= 0.6 is 0 Å². The minimum atomic E-state index is 0.00663. The van der Waals surface area contributed by atoms with E-state index in [4.69, 9.17) is 4.74 Å². The summed E-state index contributed by atoms with van der Waals surface area (Å²) in [6.07, 6.45) is 5.13. The van der Waals surface area contributed by atoms with E-state index in [2.05, 4.69) is 75.7 Å². The van der Waals surface area contributed by atoms with Crippen LogP contribution in [-0.4, -0.2) is 12.6 Å². The third-order valence-electron chi connectivity index (χ3n) is 5.56. The maximum Gasteiger partial charge on any atom is 0.128 e. The molecule has 0 aliphatic carbocycles. The molecule has 0 saturated carbocycles. The van der Waals surface area contributed by atoms with Gasteiger partial charge in [0.25, 0.3) is 0 Å². The van der Waals surface area contributed by atoms with Gasteiger partial charge in [-0.05, 0) is 44.0 Å². The number of fused-ring (bicyclic) bond motifs is 5. The molecule has 0 radical (unpaired) electrons. The molecule has 2 aromatic rings.